The average Bonchev–Trinajstić information content (AvgIpc) is 2.46. The van der Waals surface area contributed by atoms with Gasteiger partial charge in [-0.3, -0.25) is 4.79 Å². The Morgan fingerprint density at radius 3 is 2.86 bits per heavy atom. The highest BCUT2D eigenvalue weighted by atomic mass is 19.1. The van der Waals surface area contributed by atoms with Crippen molar-refractivity contribution < 1.29 is 13.9 Å². The standard InChI is InChI=1S/C17H16FNO2/c1-11-6-7-16-15(8-11)19(10-12(2)21-16)17(20)13-4-3-5-14(18)9-13/h3-9,12H,10H2,1-2H3. The number of aryl methyl sites for hydroxylation is 1. The molecule has 0 fully saturated rings. The van der Waals surface area contributed by atoms with E-state index in [1.165, 1.54) is 12.1 Å². The van der Waals surface area contributed by atoms with Gasteiger partial charge in [0.15, 0.2) is 0 Å². The van der Waals surface area contributed by atoms with Crippen molar-refractivity contribution in [3.63, 3.8) is 0 Å². The molecule has 1 unspecified atom stereocenters. The van der Waals surface area contributed by atoms with Crippen molar-refractivity contribution in [2.45, 2.75) is 20.0 Å². The number of amides is 1. The van der Waals surface area contributed by atoms with Crippen LogP contribution in [0.2, 0.25) is 0 Å². The predicted octanol–water partition coefficient (Wildman–Crippen LogP) is 3.56. The number of hydrogen-bond donors (Lipinski definition) is 0. The number of fused-ring (bicyclic) bond motifs is 1. The van der Waals surface area contributed by atoms with Crippen LogP contribution in [0.15, 0.2) is 42.5 Å². The molecule has 0 bridgehead atoms. The van der Waals surface area contributed by atoms with Gasteiger partial charge >= 0.3 is 0 Å². The molecule has 0 saturated heterocycles. The zero-order chi connectivity index (χ0) is 15.0. The quantitative estimate of drug-likeness (QED) is 0.801. The lowest BCUT2D eigenvalue weighted by molar-refractivity contribution is 0.0960. The molecule has 1 heterocycles. The Hall–Kier alpha value is -2.36. The molecule has 0 N–H and O–H groups in total. The highest BCUT2D eigenvalue weighted by Crippen LogP contribution is 2.35. The van der Waals surface area contributed by atoms with E-state index in [0.29, 0.717) is 17.9 Å². The highest BCUT2D eigenvalue weighted by molar-refractivity contribution is 6.07. The molecule has 1 amide bonds. The summed E-state index contributed by atoms with van der Waals surface area (Å²) in [6, 6.07) is 11.5. The van der Waals surface area contributed by atoms with Crippen molar-refractivity contribution in [3.8, 4) is 5.75 Å². The van der Waals surface area contributed by atoms with Crippen LogP contribution >= 0.6 is 0 Å². The molecule has 3 rings (SSSR count). The maximum Gasteiger partial charge on any atom is 0.258 e. The molecular formula is C17H16FNO2. The summed E-state index contributed by atoms with van der Waals surface area (Å²) in [6.07, 6.45) is -0.0993. The zero-order valence-electron chi connectivity index (χ0n) is 12.0. The summed E-state index contributed by atoms with van der Waals surface area (Å²) < 4.78 is 19.1. The van der Waals surface area contributed by atoms with Crippen molar-refractivity contribution in [2.24, 2.45) is 0 Å². The molecule has 108 valence electrons. The number of nitrogens with zero attached hydrogens (tertiary/aromatic N) is 1. The maximum atomic E-state index is 13.3. The summed E-state index contributed by atoms with van der Waals surface area (Å²) in [5, 5.41) is 0. The Kier molecular flexibility index (Phi) is 3.37. The van der Waals surface area contributed by atoms with Crippen molar-refractivity contribution in [3.05, 3.63) is 59.4 Å². The molecule has 0 radical (unpaired) electrons. The number of ether oxygens (including phenoxy) is 1. The predicted molar refractivity (Wildman–Crippen MR) is 79.3 cm³/mol. The summed E-state index contributed by atoms with van der Waals surface area (Å²) in [5.41, 5.74) is 2.13. The number of carbonyl (C=O) groups is 1. The lowest BCUT2D eigenvalue weighted by Crippen LogP contribution is -2.42. The van der Waals surface area contributed by atoms with Crippen LogP contribution in [0.25, 0.3) is 0 Å². The molecule has 2 aromatic rings. The Balaban J connectivity index is 2.02. The lowest BCUT2D eigenvalue weighted by Gasteiger charge is -2.33. The van der Waals surface area contributed by atoms with Gasteiger partial charge in [0.05, 0.1) is 12.2 Å². The summed E-state index contributed by atoms with van der Waals surface area (Å²) in [6.45, 7) is 4.32. The molecule has 4 heteroatoms. The van der Waals surface area contributed by atoms with Crippen molar-refractivity contribution in [2.75, 3.05) is 11.4 Å². The van der Waals surface area contributed by atoms with E-state index in [4.69, 9.17) is 4.74 Å². The Morgan fingerprint density at radius 2 is 2.10 bits per heavy atom. The monoisotopic (exact) mass is 285 g/mol. The molecule has 21 heavy (non-hydrogen) atoms. The van der Waals surface area contributed by atoms with Gasteiger partial charge in [0.2, 0.25) is 0 Å². The van der Waals surface area contributed by atoms with E-state index in [2.05, 4.69) is 0 Å². The second-order valence-electron chi connectivity index (χ2n) is 5.33. The maximum absolute atomic E-state index is 13.3. The molecule has 0 aliphatic carbocycles. The third kappa shape index (κ3) is 2.61. The molecule has 1 aliphatic heterocycles. The Labute approximate surface area is 123 Å². The molecule has 1 atom stereocenters. The number of hydrogen-bond acceptors (Lipinski definition) is 2. The summed E-state index contributed by atoms with van der Waals surface area (Å²) in [5.74, 6) is 0.0622. The van der Waals surface area contributed by atoms with Gasteiger partial charge in [0.25, 0.3) is 5.91 Å². The van der Waals surface area contributed by atoms with Crippen molar-refractivity contribution in [1.82, 2.24) is 0 Å². The van der Waals surface area contributed by atoms with Crippen LogP contribution in [-0.2, 0) is 0 Å². The number of halogens is 1. The minimum atomic E-state index is -0.411. The normalized spacial score (nSPS) is 17.1. The van der Waals surface area contributed by atoms with E-state index < -0.39 is 5.82 Å². The number of benzene rings is 2. The molecular weight excluding hydrogens is 269 g/mol. The van der Waals surface area contributed by atoms with Crippen LogP contribution in [0.4, 0.5) is 10.1 Å². The SMILES string of the molecule is Cc1ccc2c(c1)N(C(=O)c1cccc(F)c1)CC(C)O2. The van der Waals surface area contributed by atoms with Crippen molar-refractivity contribution >= 4 is 11.6 Å². The summed E-state index contributed by atoms with van der Waals surface area (Å²) in [4.78, 5) is 14.3. The molecule has 2 aromatic carbocycles. The van der Waals surface area contributed by atoms with E-state index in [0.717, 1.165) is 11.3 Å². The van der Waals surface area contributed by atoms with Crippen LogP contribution in [0.1, 0.15) is 22.8 Å². The van der Waals surface area contributed by atoms with Crippen LogP contribution in [0.3, 0.4) is 0 Å². The molecule has 0 spiro atoms. The van der Waals surface area contributed by atoms with Gasteiger partial charge in [-0.25, -0.2) is 4.39 Å². The van der Waals surface area contributed by atoms with Crippen LogP contribution in [0, 0.1) is 12.7 Å². The first-order chi connectivity index (χ1) is 10.0. The fourth-order valence-corrected chi connectivity index (χ4v) is 2.52. The van der Waals surface area contributed by atoms with E-state index in [9.17, 15) is 9.18 Å². The van der Waals surface area contributed by atoms with Gasteiger partial charge in [0, 0.05) is 5.56 Å². The van der Waals surface area contributed by atoms with Gasteiger partial charge in [-0.05, 0) is 49.7 Å². The topological polar surface area (TPSA) is 29.5 Å². The van der Waals surface area contributed by atoms with E-state index >= 15 is 0 Å². The van der Waals surface area contributed by atoms with Gasteiger partial charge in [-0.1, -0.05) is 12.1 Å². The van der Waals surface area contributed by atoms with E-state index in [1.807, 2.05) is 32.0 Å². The van der Waals surface area contributed by atoms with Crippen LogP contribution < -0.4 is 9.64 Å². The Morgan fingerprint density at radius 1 is 1.29 bits per heavy atom. The smallest absolute Gasteiger partial charge is 0.258 e. The minimum absolute atomic E-state index is 0.0993. The average molecular weight is 285 g/mol. The third-order valence-electron chi connectivity index (χ3n) is 3.49. The fraction of sp³-hybridized carbons (Fsp3) is 0.235. The van der Waals surface area contributed by atoms with E-state index in [1.54, 1.807) is 17.0 Å². The largest absolute Gasteiger partial charge is 0.487 e. The lowest BCUT2D eigenvalue weighted by atomic mass is 10.1. The summed E-state index contributed by atoms with van der Waals surface area (Å²) >= 11 is 0. The molecule has 0 aromatic heterocycles. The zero-order valence-corrected chi connectivity index (χ0v) is 12.0. The van der Waals surface area contributed by atoms with Gasteiger partial charge < -0.3 is 9.64 Å². The first-order valence-corrected chi connectivity index (χ1v) is 6.89. The molecule has 3 nitrogen and oxygen atoms in total. The van der Waals surface area contributed by atoms with Crippen LogP contribution in [-0.4, -0.2) is 18.6 Å². The van der Waals surface area contributed by atoms with Gasteiger partial charge in [0.1, 0.15) is 17.7 Å². The molecule has 1 aliphatic rings. The highest BCUT2D eigenvalue weighted by Gasteiger charge is 2.28. The second-order valence-corrected chi connectivity index (χ2v) is 5.33. The minimum Gasteiger partial charge on any atom is -0.487 e. The first kappa shape index (κ1) is 13.6. The Bertz CT molecular complexity index is 699. The van der Waals surface area contributed by atoms with Gasteiger partial charge in [-0.15, -0.1) is 0 Å². The second kappa shape index (κ2) is 5.20. The fourth-order valence-electron chi connectivity index (χ4n) is 2.52. The van der Waals surface area contributed by atoms with E-state index in [-0.39, 0.29) is 12.0 Å². The number of rotatable bonds is 1. The number of carbonyl (C=O) groups excluding carboxylic acids is 1. The van der Waals surface area contributed by atoms with Crippen molar-refractivity contribution in [1.29, 1.82) is 0 Å². The summed E-state index contributed by atoms with van der Waals surface area (Å²) in [7, 11) is 0. The third-order valence-corrected chi connectivity index (χ3v) is 3.49. The van der Waals surface area contributed by atoms with Crippen LogP contribution in [0.5, 0.6) is 5.75 Å². The van der Waals surface area contributed by atoms with Gasteiger partial charge in [-0.2, -0.15) is 0 Å². The first-order valence-electron chi connectivity index (χ1n) is 6.89. The molecule has 0 saturated carbocycles. The number of anilines is 1.